The number of halogens is 1. The van der Waals surface area contributed by atoms with Gasteiger partial charge in [-0.2, -0.15) is 0 Å². The van der Waals surface area contributed by atoms with Crippen LogP contribution in [0.3, 0.4) is 0 Å². The van der Waals surface area contributed by atoms with E-state index in [9.17, 15) is 4.39 Å². The van der Waals surface area contributed by atoms with Crippen LogP contribution < -0.4 is 10.2 Å². The van der Waals surface area contributed by atoms with Gasteiger partial charge in [0, 0.05) is 25.7 Å². The lowest BCUT2D eigenvalue weighted by Gasteiger charge is -2.43. The zero-order valence-corrected chi connectivity index (χ0v) is 13.7. The Kier molecular flexibility index (Phi) is 4.89. The zero-order valence-electron chi connectivity index (χ0n) is 13.7. The molecule has 1 heterocycles. The average molecular weight is 294 g/mol. The predicted molar refractivity (Wildman–Crippen MR) is 85.2 cm³/mol. The van der Waals surface area contributed by atoms with Gasteiger partial charge in [0.2, 0.25) is 0 Å². The summed E-state index contributed by atoms with van der Waals surface area (Å²) in [6.45, 7) is 12.5. The summed E-state index contributed by atoms with van der Waals surface area (Å²) in [4.78, 5) is 2.13. The Morgan fingerprint density at radius 3 is 2.76 bits per heavy atom. The molecule has 1 aromatic rings. The Morgan fingerprint density at radius 1 is 1.43 bits per heavy atom. The molecule has 1 aliphatic heterocycles. The van der Waals surface area contributed by atoms with Crippen LogP contribution in [0.1, 0.15) is 40.2 Å². The molecule has 2 rings (SSSR count). The molecule has 1 N–H and O–H groups in total. The third kappa shape index (κ3) is 4.17. The Labute approximate surface area is 127 Å². The highest BCUT2D eigenvalue weighted by Crippen LogP contribution is 2.30. The first-order chi connectivity index (χ1) is 9.78. The molecule has 118 valence electrons. The SMILES string of the molecule is CC(C)NCc1cccc(F)c1N1CC(C)OC(C)(C)C1. The molecule has 0 spiro atoms. The molecule has 3 nitrogen and oxygen atoms in total. The molecule has 1 aliphatic rings. The fraction of sp³-hybridized carbons (Fsp3) is 0.647. The lowest BCUT2D eigenvalue weighted by molar-refractivity contribution is -0.0751. The van der Waals surface area contributed by atoms with Gasteiger partial charge in [-0.05, 0) is 32.4 Å². The summed E-state index contributed by atoms with van der Waals surface area (Å²) in [5.74, 6) is -0.150. The number of nitrogens with one attached hydrogen (secondary N) is 1. The van der Waals surface area contributed by atoms with E-state index in [2.05, 4.69) is 37.9 Å². The van der Waals surface area contributed by atoms with Crippen molar-refractivity contribution < 1.29 is 9.13 Å². The molecule has 1 unspecified atom stereocenters. The highest BCUT2D eigenvalue weighted by atomic mass is 19.1. The van der Waals surface area contributed by atoms with E-state index < -0.39 is 0 Å². The second-order valence-corrected chi connectivity index (χ2v) is 6.85. The highest BCUT2D eigenvalue weighted by molar-refractivity contribution is 5.55. The molecule has 0 saturated carbocycles. The number of benzene rings is 1. The fourth-order valence-electron chi connectivity index (χ4n) is 2.99. The quantitative estimate of drug-likeness (QED) is 0.922. The maximum Gasteiger partial charge on any atom is 0.146 e. The van der Waals surface area contributed by atoms with Crippen LogP contribution in [0.2, 0.25) is 0 Å². The van der Waals surface area contributed by atoms with Crippen LogP contribution in [-0.4, -0.2) is 30.8 Å². The molecule has 1 fully saturated rings. The van der Waals surface area contributed by atoms with Gasteiger partial charge in [-0.3, -0.25) is 0 Å². The van der Waals surface area contributed by atoms with Crippen molar-refractivity contribution in [1.29, 1.82) is 0 Å². The first kappa shape index (κ1) is 16.2. The van der Waals surface area contributed by atoms with Crippen LogP contribution in [0.5, 0.6) is 0 Å². The lowest BCUT2D eigenvalue weighted by atomic mass is 10.0. The van der Waals surface area contributed by atoms with Crippen molar-refractivity contribution in [2.24, 2.45) is 0 Å². The molecule has 0 amide bonds. The number of morpholine rings is 1. The predicted octanol–water partition coefficient (Wildman–Crippen LogP) is 3.33. The molecule has 1 aromatic carbocycles. The lowest BCUT2D eigenvalue weighted by Crippen LogP contribution is -2.52. The maximum atomic E-state index is 14.4. The summed E-state index contributed by atoms with van der Waals surface area (Å²) in [7, 11) is 0. The molecular weight excluding hydrogens is 267 g/mol. The van der Waals surface area contributed by atoms with E-state index in [0.29, 0.717) is 24.8 Å². The topological polar surface area (TPSA) is 24.5 Å². The van der Waals surface area contributed by atoms with Crippen molar-refractivity contribution >= 4 is 5.69 Å². The smallest absolute Gasteiger partial charge is 0.146 e. The van der Waals surface area contributed by atoms with Gasteiger partial charge in [0.25, 0.3) is 0 Å². The van der Waals surface area contributed by atoms with Crippen LogP contribution in [0, 0.1) is 5.82 Å². The monoisotopic (exact) mass is 294 g/mol. The number of hydrogen-bond donors (Lipinski definition) is 1. The van der Waals surface area contributed by atoms with Gasteiger partial charge in [0.1, 0.15) is 5.82 Å². The van der Waals surface area contributed by atoms with Crippen molar-refractivity contribution in [2.75, 3.05) is 18.0 Å². The zero-order chi connectivity index (χ0) is 15.6. The third-order valence-electron chi connectivity index (χ3n) is 3.66. The summed E-state index contributed by atoms with van der Waals surface area (Å²) in [5.41, 5.74) is 1.46. The summed E-state index contributed by atoms with van der Waals surface area (Å²) in [6, 6.07) is 5.70. The van der Waals surface area contributed by atoms with Crippen LogP contribution >= 0.6 is 0 Å². The summed E-state index contributed by atoms with van der Waals surface area (Å²) in [5, 5.41) is 3.38. The normalized spacial score (nSPS) is 21.9. The second-order valence-electron chi connectivity index (χ2n) is 6.85. The van der Waals surface area contributed by atoms with Crippen LogP contribution in [-0.2, 0) is 11.3 Å². The van der Waals surface area contributed by atoms with E-state index in [0.717, 1.165) is 12.1 Å². The van der Waals surface area contributed by atoms with Crippen molar-refractivity contribution in [2.45, 2.75) is 58.9 Å². The van der Waals surface area contributed by atoms with Crippen LogP contribution in [0.25, 0.3) is 0 Å². The number of anilines is 1. The van der Waals surface area contributed by atoms with Gasteiger partial charge in [-0.25, -0.2) is 4.39 Å². The molecule has 0 bridgehead atoms. The largest absolute Gasteiger partial charge is 0.369 e. The first-order valence-electron chi connectivity index (χ1n) is 7.72. The van der Waals surface area contributed by atoms with E-state index in [-0.39, 0.29) is 17.5 Å². The number of rotatable bonds is 4. The van der Waals surface area contributed by atoms with Crippen molar-refractivity contribution in [3.05, 3.63) is 29.6 Å². The van der Waals surface area contributed by atoms with Crippen molar-refractivity contribution in [3.8, 4) is 0 Å². The van der Waals surface area contributed by atoms with Gasteiger partial charge >= 0.3 is 0 Å². The van der Waals surface area contributed by atoms with Gasteiger partial charge < -0.3 is 15.0 Å². The molecular formula is C17H27FN2O. The van der Waals surface area contributed by atoms with Crippen LogP contribution in [0.15, 0.2) is 18.2 Å². The fourth-order valence-corrected chi connectivity index (χ4v) is 2.99. The Bertz CT molecular complexity index is 488. The van der Waals surface area contributed by atoms with Gasteiger partial charge in [0.05, 0.1) is 17.4 Å². The third-order valence-corrected chi connectivity index (χ3v) is 3.66. The van der Waals surface area contributed by atoms with Crippen molar-refractivity contribution in [1.82, 2.24) is 5.32 Å². The molecule has 21 heavy (non-hydrogen) atoms. The highest BCUT2D eigenvalue weighted by Gasteiger charge is 2.33. The Hall–Kier alpha value is -1.13. The molecule has 0 aliphatic carbocycles. The van der Waals surface area contributed by atoms with E-state index in [1.54, 1.807) is 12.1 Å². The minimum Gasteiger partial charge on any atom is -0.369 e. The number of nitrogens with zero attached hydrogens (tertiary/aromatic N) is 1. The summed E-state index contributed by atoms with van der Waals surface area (Å²) in [6.07, 6.45) is 0.0965. The van der Waals surface area contributed by atoms with Gasteiger partial charge in [-0.15, -0.1) is 0 Å². The van der Waals surface area contributed by atoms with E-state index in [4.69, 9.17) is 4.74 Å². The van der Waals surface area contributed by atoms with Crippen molar-refractivity contribution in [3.63, 3.8) is 0 Å². The molecule has 1 atom stereocenters. The summed E-state index contributed by atoms with van der Waals surface area (Å²) >= 11 is 0. The van der Waals surface area contributed by atoms with Crippen LogP contribution in [0.4, 0.5) is 10.1 Å². The number of hydrogen-bond acceptors (Lipinski definition) is 3. The minimum absolute atomic E-state index is 0.0965. The Balaban J connectivity index is 2.29. The van der Waals surface area contributed by atoms with E-state index >= 15 is 0 Å². The first-order valence-corrected chi connectivity index (χ1v) is 7.72. The maximum absolute atomic E-state index is 14.4. The molecule has 4 heteroatoms. The molecule has 1 saturated heterocycles. The van der Waals surface area contributed by atoms with Gasteiger partial charge in [-0.1, -0.05) is 26.0 Å². The van der Waals surface area contributed by atoms with E-state index in [1.807, 2.05) is 13.0 Å². The second kappa shape index (κ2) is 6.32. The number of ether oxygens (including phenoxy) is 1. The summed E-state index contributed by atoms with van der Waals surface area (Å²) < 4.78 is 20.4. The molecule has 0 radical (unpaired) electrons. The number of para-hydroxylation sites is 1. The average Bonchev–Trinajstić information content (AvgIpc) is 2.33. The standard InChI is InChI=1S/C17H27FN2O/c1-12(2)19-9-14-7-6-8-15(18)16(14)20-10-13(3)21-17(4,5)11-20/h6-8,12-13,19H,9-11H2,1-5H3. The van der Waals surface area contributed by atoms with E-state index in [1.165, 1.54) is 0 Å². The Morgan fingerprint density at radius 2 is 2.14 bits per heavy atom. The van der Waals surface area contributed by atoms with Gasteiger partial charge in [0.15, 0.2) is 0 Å². The minimum atomic E-state index is -0.261. The molecule has 0 aromatic heterocycles.